The number of carboxylic acid groups (broad SMARTS) is 1. The number of aryl methyl sites for hydroxylation is 1. The van der Waals surface area contributed by atoms with Gasteiger partial charge < -0.3 is 9.84 Å². The van der Waals surface area contributed by atoms with Crippen molar-refractivity contribution < 1.29 is 14.6 Å². The smallest absolute Gasteiger partial charge is 0.303 e. The molecule has 2 rings (SSSR count). The van der Waals surface area contributed by atoms with E-state index in [1.807, 2.05) is 12.1 Å². The highest BCUT2D eigenvalue weighted by atomic mass is 16.5. The number of ether oxygens (including phenoxy) is 1. The molecule has 0 aromatic heterocycles. The third kappa shape index (κ3) is 2.12. The maximum absolute atomic E-state index is 10.4. The molecule has 1 atom stereocenters. The number of hydrogen-bond donors (Lipinski definition) is 1. The fraction of sp³-hybridized carbons (Fsp3) is 0.417. The van der Waals surface area contributed by atoms with Gasteiger partial charge in [0.25, 0.3) is 0 Å². The molecule has 1 heterocycles. The largest absolute Gasteiger partial charge is 0.490 e. The number of aliphatic carboxylic acids is 1. The standard InChI is InChI=1S/C12H14O3/c1-8-3-2-4-11-10(8)7-9(15-11)5-6-12(13)14/h2-4,9H,5-7H2,1H3,(H,13,14). The highest BCUT2D eigenvalue weighted by Gasteiger charge is 2.24. The average molecular weight is 206 g/mol. The van der Waals surface area contributed by atoms with Crippen molar-refractivity contribution in [2.24, 2.45) is 0 Å². The Morgan fingerprint density at radius 2 is 2.40 bits per heavy atom. The van der Waals surface area contributed by atoms with Gasteiger partial charge in [0.05, 0.1) is 0 Å². The molecule has 1 N–H and O–H groups in total. The van der Waals surface area contributed by atoms with Crippen molar-refractivity contribution in [3.63, 3.8) is 0 Å². The topological polar surface area (TPSA) is 46.5 Å². The lowest BCUT2D eigenvalue weighted by Crippen LogP contribution is -2.14. The fourth-order valence-corrected chi connectivity index (χ4v) is 1.94. The highest BCUT2D eigenvalue weighted by Crippen LogP contribution is 2.32. The predicted octanol–water partition coefficient (Wildman–Crippen LogP) is 2.16. The van der Waals surface area contributed by atoms with Gasteiger partial charge in [-0.1, -0.05) is 12.1 Å². The van der Waals surface area contributed by atoms with E-state index in [1.54, 1.807) is 0 Å². The number of fused-ring (bicyclic) bond motifs is 1. The highest BCUT2D eigenvalue weighted by molar-refractivity contribution is 5.66. The number of hydrogen-bond acceptors (Lipinski definition) is 2. The molecule has 0 aliphatic carbocycles. The summed E-state index contributed by atoms with van der Waals surface area (Å²) < 4.78 is 5.67. The van der Waals surface area contributed by atoms with Gasteiger partial charge in [0.1, 0.15) is 11.9 Å². The van der Waals surface area contributed by atoms with E-state index in [-0.39, 0.29) is 12.5 Å². The molecule has 0 fully saturated rings. The summed E-state index contributed by atoms with van der Waals surface area (Å²) in [4.78, 5) is 10.4. The molecule has 1 aliphatic heterocycles. The van der Waals surface area contributed by atoms with Gasteiger partial charge in [-0.05, 0) is 25.0 Å². The van der Waals surface area contributed by atoms with Gasteiger partial charge in [-0.2, -0.15) is 0 Å². The van der Waals surface area contributed by atoms with Crippen LogP contribution in [0.5, 0.6) is 5.75 Å². The minimum absolute atomic E-state index is 0.0391. The van der Waals surface area contributed by atoms with Crippen LogP contribution in [0.1, 0.15) is 24.0 Å². The van der Waals surface area contributed by atoms with Crippen LogP contribution >= 0.6 is 0 Å². The van der Waals surface area contributed by atoms with Gasteiger partial charge in [-0.3, -0.25) is 4.79 Å². The van der Waals surface area contributed by atoms with Gasteiger partial charge >= 0.3 is 5.97 Å². The maximum atomic E-state index is 10.4. The van der Waals surface area contributed by atoms with Crippen molar-refractivity contribution in [1.82, 2.24) is 0 Å². The van der Waals surface area contributed by atoms with Crippen molar-refractivity contribution in [2.75, 3.05) is 0 Å². The monoisotopic (exact) mass is 206 g/mol. The van der Waals surface area contributed by atoms with Crippen molar-refractivity contribution >= 4 is 5.97 Å². The molecule has 15 heavy (non-hydrogen) atoms. The van der Waals surface area contributed by atoms with Crippen LogP contribution in [0.4, 0.5) is 0 Å². The maximum Gasteiger partial charge on any atom is 0.303 e. The average Bonchev–Trinajstić information content (AvgIpc) is 2.59. The summed E-state index contributed by atoms with van der Waals surface area (Å²) in [5, 5.41) is 8.59. The minimum Gasteiger partial charge on any atom is -0.490 e. The van der Waals surface area contributed by atoms with E-state index in [0.29, 0.717) is 6.42 Å². The van der Waals surface area contributed by atoms with Crippen molar-refractivity contribution in [1.29, 1.82) is 0 Å². The van der Waals surface area contributed by atoms with E-state index >= 15 is 0 Å². The summed E-state index contributed by atoms with van der Waals surface area (Å²) in [7, 11) is 0. The molecular weight excluding hydrogens is 192 g/mol. The number of carbonyl (C=O) groups is 1. The van der Waals surface area contributed by atoms with Crippen molar-refractivity contribution in [3.05, 3.63) is 29.3 Å². The second kappa shape index (κ2) is 3.93. The lowest BCUT2D eigenvalue weighted by Gasteiger charge is -2.07. The number of carboxylic acids is 1. The molecule has 0 bridgehead atoms. The van der Waals surface area contributed by atoms with Crippen molar-refractivity contribution in [2.45, 2.75) is 32.3 Å². The van der Waals surface area contributed by atoms with Crippen LogP contribution in [0.3, 0.4) is 0 Å². The Labute approximate surface area is 88.7 Å². The molecule has 0 saturated carbocycles. The van der Waals surface area contributed by atoms with Gasteiger partial charge in [-0.15, -0.1) is 0 Å². The Hall–Kier alpha value is -1.51. The number of benzene rings is 1. The normalized spacial score (nSPS) is 18.3. The second-order valence-corrected chi connectivity index (χ2v) is 3.93. The third-order valence-corrected chi connectivity index (χ3v) is 2.77. The Kier molecular flexibility index (Phi) is 2.62. The molecule has 80 valence electrons. The molecule has 0 amide bonds. The quantitative estimate of drug-likeness (QED) is 0.824. The molecule has 0 spiro atoms. The van der Waals surface area contributed by atoms with Crippen LogP contribution in [-0.4, -0.2) is 17.2 Å². The van der Waals surface area contributed by atoms with E-state index < -0.39 is 5.97 Å². The molecule has 1 aromatic rings. The van der Waals surface area contributed by atoms with Crippen LogP contribution < -0.4 is 4.74 Å². The van der Waals surface area contributed by atoms with Gasteiger partial charge in [0.2, 0.25) is 0 Å². The summed E-state index contributed by atoms with van der Waals surface area (Å²) in [5.74, 6) is 0.164. The number of rotatable bonds is 3. The molecule has 3 heteroatoms. The minimum atomic E-state index is -0.758. The predicted molar refractivity (Wildman–Crippen MR) is 56.2 cm³/mol. The molecular formula is C12H14O3. The van der Waals surface area contributed by atoms with E-state index in [0.717, 1.165) is 12.2 Å². The third-order valence-electron chi connectivity index (χ3n) is 2.77. The molecule has 0 saturated heterocycles. The first-order valence-corrected chi connectivity index (χ1v) is 5.14. The molecule has 1 aromatic carbocycles. The lowest BCUT2D eigenvalue weighted by atomic mass is 10.0. The van der Waals surface area contributed by atoms with Crippen molar-refractivity contribution in [3.8, 4) is 5.75 Å². The zero-order valence-electron chi connectivity index (χ0n) is 8.69. The van der Waals surface area contributed by atoms with Crippen LogP contribution in [0.25, 0.3) is 0 Å². The molecule has 0 radical (unpaired) electrons. The first kappa shape index (κ1) is 10.0. The Morgan fingerprint density at radius 3 is 3.07 bits per heavy atom. The molecule has 1 aliphatic rings. The molecule has 1 unspecified atom stereocenters. The van der Waals surface area contributed by atoms with Crippen LogP contribution in [0.2, 0.25) is 0 Å². The Morgan fingerprint density at radius 1 is 1.60 bits per heavy atom. The van der Waals surface area contributed by atoms with Gasteiger partial charge in [-0.25, -0.2) is 0 Å². The van der Waals surface area contributed by atoms with Gasteiger partial charge in [0, 0.05) is 18.4 Å². The fourth-order valence-electron chi connectivity index (χ4n) is 1.94. The SMILES string of the molecule is Cc1cccc2c1CC(CCC(=O)O)O2. The summed E-state index contributed by atoms with van der Waals surface area (Å²) in [6.45, 7) is 2.06. The molecule has 3 nitrogen and oxygen atoms in total. The summed E-state index contributed by atoms with van der Waals surface area (Å²) in [6, 6.07) is 5.97. The van der Waals surface area contributed by atoms with E-state index in [2.05, 4.69) is 13.0 Å². The summed E-state index contributed by atoms with van der Waals surface area (Å²) in [6.07, 6.45) is 1.65. The van der Waals surface area contributed by atoms with Crippen LogP contribution in [0.15, 0.2) is 18.2 Å². The second-order valence-electron chi connectivity index (χ2n) is 3.93. The zero-order valence-corrected chi connectivity index (χ0v) is 8.69. The zero-order chi connectivity index (χ0) is 10.8. The van der Waals surface area contributed by atoms with Crippen LogP contribution in [-0.2, 0) is 11.2 Å². The van der Waals surface area contributed by atoms with E-state index in [9.17, 15) is 4.79 Å². The Bertz CT molecular complexity index is 384. The van der Waals surface area contributed by atoms with Gasteiger partial charge in [0.15, 0.2) is 0 Å². The Balaban J connectivity index is 2.03. The first-order chi connectivity index (χ1) is 7.16. The van der Waals surface area contributed by atoms with E-state index in [1.165, 1.54) is 11.1 Å². The summed E-state index contributed by atoms with van der Waals surface area (Å²) >= 11 is 0. The lowest BCUT2D eigenvalue weighted by molar-refractivity contribution is -0.137. The van der Waals surface area contributed by atoms with E-state index in [4.69, 9.17) is 9.84 Å². The van der Waals surface area contributed by atoms with Crippen LogP contribution in [0, 0.1) is 6.92 Å². The first-order valence-electron chi connectivity index (χ1n) is 5.14. The summed E-state index contributed by atoms with van der Waals surface area (Å²) in [5.41, 5.74) is 2.46.